The van der Waals surface area contributed by atoms with Crippen molar-refractivity contribution in [3.63, 3.8) is 0 Å². The minimum Gasteiger partial charge on any atom is -0.352 e. The summed E-state index contributed by atoms with van der Waals surface area (Å²) in [4.78, 5) is 28.7. The van der Waals surface area contributed by atoms with Crippen molar-refractivity contribution >= 4 is 27.5 Å². The highest BCUT2D eigenvalue weighted by molar-refractivity contribution is 7.92. The van der Waals surface area contributed by atoms with Crippen molar-refractivity contribution < 1.29 is 18.0 Å². The summed E-state index contributed by atoms with van der Waals surface area (Å²) in [6, 6.07) is 14.8. The maximum atomic E-state index is 13.6. The highest BCUT2D eigenvalue weighted by atomic mass is 32.2. The Bertz CT molecular complexity index is 1170. The first-order valence-corrected chi connectivity index (χ1v) is 15.6. The molecule has 2 aromatic rings. The second kappa shape index (κ2) is 13.8. The predicted molar refractivity (Wildman–Crippen MR) is 153 cm³/mol. The number of amides is 2. The van der Waals surface area contributed by atoms with Crippen LogP contribution < -0.4 is 9.62 Å². The van der Waals surface area contributed by atoms with Crippen molar-refractivity contribution in [2.45, 2.75) is 90.8 Å². The molecule has 0 aromatic heterocycles. The number of rotatable bonds is 12. The third-order valence-electron chi connectivity index (χ3n) is 7.41. The summed E-state index contributed by atoms with van der Waals surface area (Å²) >= 11 is 0. The van der Waals surface area contributed by atoms with Crippen molar-refractivity contribution in [1.29, 1.82) is 0 Å². The molecule has 2 aromatic carbocycles. The molecule has 0 radical (unpaired) electrons. The van der Waals surface area contributed by atoms with E-state index in [4.69, 9.17) is 0 Å². The molecule has 208 valence electrons. The number of nitrogens with zero attached hydrogens (tertiary/aromatic N) is 2. The van der Waals surface area contributed by atoms with Gasteiger partial charge in [0.25, 0.3) is 0 Å². The summed E-state index contributed by atoms with van der Waals surface area (Å²) < 4.78 is 26.4. The van der Waals surface area contributed by atoms with Crippen LogP contribution in [0.5, 0.6) is 0 Å². The van der Waals surface area contributed by atoms with E-state index in [0.717, 1.165) is 42.4 Å². The van der Waals surface area contributed by atoms with Crippen LogP contribution in [0.25, 0.3) is 0 Å². The van der Waals surface area contributed by atoms with Gasteiger partial charge in [-0.05, 0) is 62.8 Å². The molecule has 8 heteroatoms. The van der Waals surface area contributed by atoms with E-state index in [2.05, 4.69) is 5.32 Å². The fourth-order valence-electron chi connectivity index (χ4n) is 5.15. The van der Waals surface area contributed by atoms with Crippen LogP contribution in [0.2, 0.25) is 0 Å². The normalized spacial score (nSPS) is 15.1. The zero-order valence-electron chi connectivity index (χ0n) is 23.3. The second-order valence-electron chi connectivity index (χ2n) is 10.5. The predicted octanol–water partition coefficient (Wildman–Crippen LogP) is 5.11. The Kier molecular flexibility index (Phi) is 10.8. The lowest BCUT2D eigenvalue weighted by molar-refractivity contribution is -0.141. The zero-order valence-corrected chi connectivity index (χ0v) is 24.1. The largest absolute Gasteiger partial charge is 0.352 e. The molecule has 0 spiro atoms. The Hall–Kier alpha value is -2.87. The molecule has 38 heavy (non-hydrogen) atoms. The van der Waals surface area contributed by atoms with Crippen molar-refractivity contribution in [2.75, 3.05) is 17.1 Å². The Morgan fingerprint density at radius 2 is 1.66 bits per heavy atom. The van der Waals surface area contributed by atoms with Gasteiger partial charge < -0.3 is 10.2 Å². The molecule has 0 bridgehead atoms. The molecule has 2 amide bonds. The SMILES string of the molecule is CC[C@H](C(=O)NC1CCCCC1)N(Cc1ccccc1C)C(=O)CCCN(c1ccc(C)cc1)S(C)(=O)=O. The number of benzene rings is 2. The molecule has 1 fully saturated rings. The first kappa shape index (κ1) is 29.7. The topological polar surface area (TPSA) is 86.8 Å². The van der Waals surface area contributed by atoms with Crippen LogP contribution in [-0.2, 0) is 26.2 Å². The quantitative estimate of drug-likeness (QED) is 0.405. The summed E-state index contributed by atoms with van der Waals surface area (Å²) in [7, 11) is -3.51. The average Bonchev–Trinajstić information content (AvgIpc) is 2.88. The van der Waals surface area contributed by atoms with Crippen molar-refractivity contribution in [2.24, 2.45) is 0 Å². The summed E-state index contributed by atoms with van der Waals surface area (Å²) in [5.74, 6) is -0.241. The number of anilines is 1. The summed E-state index contributed by atoms with van der Waals surface area (Å²) in [6.07, 6.45) is 7.59. The lowest BCUT2D eigenvalue weighted by Crippen LogP contribution is -2.51. The zero-order chi connectivity index (χ0) is 27.7. The molecule has 1 aliphatic rings. The lowest BCUT2D eigenvalue weighted by atomic mass is 9.95. The second-order valence-corrected chi connectivity index (χ2v) is 12.4. The molecule has 0 unspecified atom stereocenters. The first-order valence-electron chi connectivity index (χ1n) is 13.8. The van der Waals surface area contributed by atoms with Crippen molar-refractivity contribution in [3.8, 4) is 0 Å². The van der Waals surface area contributed by atoms with Gasteiger partial charge >= 0.3 is 0 Å². The molecule has 1 saturated carbocycles. The van der Waals surface area contributed by atoms with Crippen LogP contribution in [0.15, 0.2) is 48.5 Å². The molecule has 3 rings (SSSR count). The monoisotopic (exact) mass is 541 g/mol. The summed E-state index contributed by atoms with van der Waals surface area (Å²) in [5, 5.41) is 3.21. The number of sulfonamides is 1. The maximum absolute atomic E-state index is 13.6. The maximum Gasteiger partial charge on any atom is 0.243 e. The Morgan fingerprint density at radius 3 is 2.26 bits per heavy atom. The van der Waals surface area contributed by atoms with Crippen LogP contribution in [0.4, 0.5) is 5.69 Å². The van der Waals surface area contributed by atoms with Crippen LogP contribution in [-0.4, -0.2) is 50.0 Å². The van der Waals surface area contributed by atoms with E-state index in [1.807, 2.05) is 57.2 Å². The van der Waals surface area contributed by atoms with Crippen molar-refractivity contribution in [3.05, 3.63) is 65.2 Å². The molecule has 0 aliphatic heterocycles. The van der Waals surface area contributed by atoms with Gasteiger partial charge in [-0.15, -0.1) is 0 Å². The molecule has 1 aliphatic carbocycles. The Labute approximate surface area is 228 Å². The standard InChI is InChI=1S/C30H43N3O4S/c1-5-28(30(35)31-26-14-7-6-8-15-26)32(22-25-13-10-9-12-24(25)3)29(34)16-11-21-33(38(4,36)37)27-19-17-23(2)18-20-27/h9-10,12-13,17-20,26,28H,5-8,11,14-16,21-22H2,1-4H3,(H,31,35)/t28-/m1/s1. The van der Waals surface area contributed by atoms with E-state index < -0.39 is 16.1 Å². The van der Waals surface area contributed by atoms with Gasteiger partial charge in [-0.25, -0.2) is 8.42 Å². The van der Waals surface area contributed by atoms with E-state index in [1.165, 1.54) is 17.0 Å². The highest BCUT2D eigenvalue weighted by Crippen LogP contribution is 2.22. The number of nitrogens with one attached hydrogen (secondary N) is 1. The average molecular weight is 542 g/mol. The molecule has 7 nitrogen and oxygen atoms in total. The molecular formula is C30H43N3O4S. The first-order chi connectivity index (χ1) is 18.1. The highest BCUT2D eigenvalue weighted by Gasteiger charge is 2.30. The number of aryl methyl sites for hydroxylation is 2. The van der Waals surface area contributed by atoms with Crippen LogP contribution in [0, 0.1) is 13.8 Å². The molecule has 1 N–H and O–H groups in total. The van der Waals surface area contributed by atoms with E-state index in [0.29, 0.717) is 25.1 Å². The fraction of sp³-hybridized carbons (Fsp3) is 0.533. The van der Waals surface area contributed by atoms with Crippen LogP contribution >= 0.6 is 0 Å². The minimum atomic E-state index is -3.51. The van der Waals surface area contributed by atoms with Gasteiger partial charge in [-0.1, -0.05) is 68.1 Å². The van der Waals surface area contributed by atoms with Crippen LogP contribution in [0.3, 0.4) is 0 Å². The Morgan fingerprint density at radius 1 is 1.00 bits per heavy atom. The summed E-state index contributed by atoms with van der Waals surface area (Å²) in [5.41, 5.74) is 3.69. The van der Waals surface area contributed by atoms with E-state index in [9.17, 15) is 18.0 Å². The number of carbonyl (C=O) groups excluding carboxylic acids is 2. The molecule has 0 heterocycles. The Balaban J connectivity index is 1.76. The number of hydrogen-bond donors (Lipinski definition) is 1. The molecule has 0 saturated heterocycles. The number of hydrogen-bond acceptors (Lipinski definition) is 4. The third-order valence-corrected chi connectivity index (χ3v) is 8.61. The van der Waals surface area contributed by atoms with Crippen LogP contribution in [0.1, 0.15) is 75.0 Å². The van der Waals surface area contributed by atoms with Gasteiger partial charge in [0, 0.05) is 25.6 Å². The minimum absolute atomic E-state index is 0.0984. The smallest absolute Gasteiger partial charge is 0.243 e. The van der Waals surface area contributed by atoms with Gasteiger partial charge in [0.2, 0.25) is 21.8 Å². The molecule has 1 atom stereocenters. The third kappa shape index (κ3) is 8.32. The van der Waals surface area contributed by atoms with Gasteiger partial charge in [0.1, 0.15) is 6.04 Å². The van der Waals surface area contributed by atoms with Gasteiger partial charge in [0.05, 0.1) is 11.9 Å². The van der Waals surface area contributed by atoms with Gasteiger partial charge in [0.15, 0.2) is 0 Å². The number of carbonyl (C=O) groups is 2. The van der Waals surface area contributed by atoms with E-state index >= 15 is 0 Å². The van der Waals surface area contributed by atoms with E-state index in [1.54, 1.807) is 17.0 Å². The fourth-order valence-corrected chi connectivity index (χ4v) is 6.12. The van der Waals surface area contributed by atoms with Gasteiger partial charge in [-0.3, -0.25) is 13.9 Å². The summed E-state index contributed by atoms with van der Waals surface area (Å²) in [6.45, 7) is 6.43. The lowest BCUT2D eigenvalue weighted by Gasteiger charge is -2.33. The van der Waals surface area contributed by atoms with E-state index in [-0.39, 0.29) is 30.8 Å². The van der Waals surface area contributed by atoms with Gasteiger partial charge in [-0.2, -0.15) is 0 Å². The molecular weight excluding hydrogens is 498 g/mol. The van der Waals surface area contributed by atoms with Crippen molar-refractivity contribution in [1.82, 2.24) is 10.2 Å².